The fraction of sp³-hybridized carbons (Fsp3) is 0.474. The van der Waals surface area contributed by atoms with Crippen LogP contribution in [-0.4, -0.2) is 49.1 Å². The summed E-state index contributed by atoms with van der Waals surface area (Å²) in [5.41, 5.74) is -0.373. The number of likely N-dealkylation sites (tertiary alicyclic amines) is 1. The van der Waals surface area contributed by atoms with Gasteiger partial charge in [-0.05, 0) is 37.4 Å². The Morgan fingerprint density at radius 2 is 2.00 bits per heavy atom. The first kappa shape index (κ1) is 19.6. The second kappa shape index (κ2) is 7.96. The Balaban J connectivity index is 1.51. The maximum Gasteiger partial charge on any atom is 0.332 e. The van der Waals surface area contributed by atoms with E-state index in [1.165, 1.54) is 40.2 Å². The van der Waals surface area contributed by atoms with Crippen LogP contribution in [0.5, 0.6) is 0 Å². The van der Waals surface area contributed by atoms with Crippen LogP contribution in [0.25, 0.3) is 11.2 Å². The van der Waals surface area contributed by atoms with Crippen molar-refractivity contribution in [1.82, 2.24) is 28.9 Å². The van der Waals surface area contributed by atoms with Crippen molar-refractivity contribution < 1.29 is 4.79 Å². The Labute approximate surface area is 171 Å². The molecule has 1 fully saturated rings. The summed E-state index contributed by atoms with van der Waals surface area (Å²) in [6.07, 6.45) is 3.79. The molecule has 154 valence electrons. The molecule has 0 radical (unpaired) electrons. The average Bonchev–Trinajstić information content (AvgIpc) is 3.47. The molecule has 1 aliphatic heterocycles. The van der Waals surface area contributed by atoms with Crippen molar-refractivity contribution in [2.45, 2.75) is 25.4 Å². The molecule has 0 aromatic carbocycles. The first-order chi connectivity index (χ1) is 14.0. The Morgan fingerprint density at radius 3 is 2.69 bits per heavy atom. The first-order valence-electron chi connectivity index (χ1n) is 9.62. The molecule has 3 aromatic heterocycles. The number of carbonyl (C=O) groups excluding carboxylic acids is 1. The number of hydrogen-bond donors (Lipinski definition) is 1. The number of aromatic nitrogens is 4. The van der Waals surface area contributed by atoms with Crippen LogP contribution in [0, 0.1) is 0 Å². The number of nitrogens with one attached hydrogen (secondary N) is 1. The summed E-state index contributed by atoms with van der Waals surface area (Å²) >= 11 is 1.70. The van der Waals surface area contributed by atoms with Gasteiger partial charge >= 0.3 is 5.69 Å². The predicted molar refractivity (Wildman–Crippen MR) is 111 cm³/mol. The maximum absolute atomic E-state index is 12.6. The van der Waals surface area contributed by atoms with Crippen LogP contribution in [0.4, 0.5) is 0 Å². The van der Waals surface area contributed by atoms with E-state index in [2.05, 4.69) is 26.6 Å². The fourth-order valence-electron chi connectivity index (χ4n) is 3.88. The van der Waals surface area contributed by atoms with Crippen molar-refractivity contribution in [2.24, 2.45) is 14.1 Å². The highest BCUT2D eigenvalue weighted by atomic mass is 32.1. The van der Waals surface area contributed by atoms with Crippen LogP contribution in [0.2, 0.25) is 0 Å². The SMILES string of the molecule is Cn1c(=O)c2c(ncn2CC(=O)NC[C@@H](c2cccs2)N2CCCC2)n(C)c1=O. The van der Waals surface area contributed by atoms with Crippen molar-refractivity contribution in [3.63, 3.8) is 0 Å². The minimum Gasteiger partial charge on any atom is -0.353 e. The van der Waals surface area contributed by atoms with Crippen molar-refractivity contribution in [1.29, 1.82) is 0 Å². The number of thiophene rings is 1. The normalized spacial score (nSPS) is 15.8. The summed E-state index contributed by atoms with van der Waals surface area (Å²) in [5.74, 6) is -0.194. The van der Waals surface area contributed by atoms with Gasteiger partial charge in [0, 0.05) is 25.5 Å². The second-order valence-corrected chi connectivity index (χ2v) is 8.31. The Kier molecular flexibility index (Phi) is 5.37. The van der Waals surface area contributed by atoms with Crippen LogP contribution in [0.3, 0.4) is 0 Å². The van der Waals surface area contributed by atoms with Gasteiger partial charge in [0.05, 0.1) is 12.4 Å². The highest BCUT2D eigenvalue weighted by Crippen LogP contribution is 2.27. The molecule has 29 heavy (non-hydrogen) atoms. The van der Waals surface area contributed by atoms with Crippen molar-refractivity contribution >= 4 is 28.4 Å². The Morgan fingerprint density at radius 1 is 1.24 bits per heavy atom. The van der Waals surface area contributed by atoms with Gasteiger partial charge in [0.15, 0.2) is 11.2 Å². The summed E-state index contributed by atoms with van der Waals surface area (Å²) in [6.45, 7) is 2.56. The van der Waals surface area contributed by atoms with E-state index in [9.17, 15) is 14.4 Å². The monoisotopic (exact) mass is 416 g/mol. The van der Waals surface area contributed by atoms with E-state index in [1.54, 1.807) is 18.4 Å². The number of nitrogens with zero attached hydrogens (tertiary/aromatic N) is 5. The van der Waals surface area contributed by atoms with Crippen LogP contribution >= 0.6 is 11.3 Å². The van der Waals surface area contributed by atoms with Gasteiger partial charge in [-0.25, -0.2) is 9.78 Å². The molecule has 0 unspecified atom stereocenters. The summed E-state index contributed by atoms with van der Waals surface area (Å²) in [6, 6.07) is 4.30. The summed E-state index contributed by atoms with van der Waals surface area (Å²) < 4.78 is 3.84. The van der Waals surface area contributed by atoms with Gasteiger partial charge in [-0.15, -0.1) is 11.3 Å². The van der Waals surface area contributed by atoms with Crippen molar-refractivity contribution in [3.8, 4) is 0 Å². The molecule has 0 bridgehead atoms. The Hall–Kier alpha value is -2.72. The smallest absolute Gasteiger partial charge is 0.332 e. The topological polar surface area (TPSA) is 94.2 Å². The molecule has 0 saturated carbocycles. The van der Waals surface area contributed by atoms with Crippen molar-refractivity contribution in [3.05, 3.63) is 49.6 Å². The van der Waals surface area contributed by atoms with E-state index < -0.39 is 11.2 Å². The molecule has 1 atom stereocenters. The largest absolute Gasteiger partial charge is 0.353 e. The minimum absolute atomic E-state index is 0.0267. The summed E-state index contributed by atoms with van der Waals surface area (Å²) in [7, 11) is 2.98. The van der Waals surface area contributed by atoms with Crippen LogP contribution in [-0.2, 0) is 25.4 Å². The molecule has 0 spiro atoms. The highest BCUT2D eigenvalue weighted by Gasteiger charge is 2.25. The summed E-state index contributed by atoms with van der Waals surface area (Å²) in [5, 5.41) is 5.06. The predicted octanol–water partition coefficient (Wildman–Crippen LogP) is 0.449. The molecular weight excluding hydrogens is 392 g/mol. The molecular formula is C19H24N6O3S. The van der Waals surface area contributed by atoms with E-state index in [0.717, 1.165) is 17.7 Å². The maximum atomic E-state index is 12.6. The first-order valence-corrected chi connectivity index (χ1v) is 10.5. The van der Waals surface area contributed by atoms with Crippen LogP contribution in [0.15, 0.2) is 33.4 Å². The third-order valence-corrected chi connectivity index (χ3v) is 6.45. The van der Waals surface area contributed by atoms with E-state index in [1.807, 2.05) is 6.07 Å². The zero-order valence-electron chi connectivity index (χ0n) is 16.5. The number of amides is 1. The molecule has 1 aliphatic rings. The lowest BCUT2D eigenvalue weighted by atomic mass is 10.2. The third kappa shape index (κ3) is 3.65. The summed E-state index contributed by atoms with van der Waals surface area (Å²) in [4.78, 5) is 45.0. The number of fused-ring (bicyclic) bond motifs is 1. The third-order valence-electron chi connectivity index (χ3n) is 5.48. The molecule has 3 aromatic rings. The number of rotatable bonds is 6. The molecule has 4 heterocycles. The molecule has 1 N–H and O–H groups in total. The van der Waals surface area contributed by atoms with Gasteiger partial charge in [-0.1, -0.05) is 6.07 Å². The number of imidazole rings is 1. The van der Waals surface area contributed by atoms with Gasteiger partial charge in [0.1, 0.15) is 6.54 Å². The van der Waals surface area contributed by atoms with Gasteiger partial charge < -0.3 is 9.88 Å². The van der Waals surface area contributed by atoms with E-state index >= 15 is 0 Å². The standard InChI is InChI=1S/C19H24N6O3S/c1-22-17-16(18(27)23(2)19(22)28)25(12-21-17)11-15(26)20-10-13(14-6-5-9-29-14)24-7-3-4-8-24/h5-6,9,12-13H,3-4,7-8,10-11H2,1-2H3,(H,20,26)/t13-/m0/s1. The second-order valence-electron chi connectivity index (χ2n) is 7.33. The molecule has 10 heteroatoms. The number of carbonyl (C=O) groups is 1. The number of hydrogen-bond acceptors (Lipinski definition) is 6. The average molecular weight is 417 g/mol. The lowest BCUT2D eigenvalue weighted by Gasteiger charge is -2.27. The lowest BCUT2D eigenvalue weighted by Crippen LogP contribution is -2.39. The quantitative estimate of drug-likeness (QED) is 0.630. The van der Waals surface area contributed by atoms with Gasteiger partial charge in [0.2, 0.25) is 5.91 Å². The van der Waals surface area contributed by atoms with Gasteiger partial charge in [0.25, 0.3) is 5.56 Å². The van der Waals surface area contributed by atoms with E-state index in [0.29, 0.717) is 6.54 Å². The number of aryl methyl sites for hydroxylation is 1. The van der Waals surface area contributed by atoms with Crippen LogP contribution < -0.4 is 16.6 Å². The molecule has 1 saturated heterocycles. The van der Waals surface area contributed by atoms with Crippen molar-refractivity contribution in [2.75, 3.05) is 19.6 Å². The molecule has 9 nitrogen and oxygen atoms in total. The lowest BCUT2D eigenvalue weighted by molar-refractivity contribution is -0.121. The molecule has 1 amide bonds. The van der Waals surface area contributed by atoms with E-state index in [-0.39, 0.29) is 29.7 Å². The minimum atomic E-state index is -0.457. The Bertz CT molecular complexity index is 1140. The molecule has 0 aliphatic carbocycles. The van der Waals surface area contributed by atoms with Crippen LogP contribution in [0.1, 0.15) is 23.8 Å². The fourth-order valence-corrected chi connectivity index (χ4v) is 4.74. The van der Waals surface area contributed by atoms with Gasteiger partial charge in [-0.2, -0.15) is 0 Å². The molecule has 4 rings (SSSR count). The highest BCUT2D eigenvalue weighted by molar-refractivity contribution is 7.10. The zero-order valence-corrected chi connectivity index (χ0v) is 17.3. The zero-order chi connectivity index (χ0) is 20.5. The van der Waals surface area contributed by atoms with Gasteiger partial charge in [-0.3, -0.25) is 23.6 Å². The van der Waals surface area contributed by atoms with E-state index in [4.69, 9.17) is 0 Å².